The van der Waals surface area contributed by atoms with E-state index >= 15 is 0 Å². The van der Waals surface area contributed by atoms with Crippen molar-refractivity contribution in [2.24, 2.45) is 0 Å². The maximum absolute atomic E-state index is 10.7. The van der Waals surface area contributed by atoms with Gasteiger partial charge in [0.05, 0.1) is 22.7 Å². The van der Waals surface area contributed by atoms with Crippen molar-refractivity contribution in [3.8, 4) is 11.5 Å². The third-order valence-corrected chi connectivity index (χ3v) is 2.52. The van der Waals surface area contributed by atoms with Crippen molar-refractivity contribution in [2.45, 2.75) is 0 Å². The second kappa shape index (κ2) is 4.45. The van der Waals surface area contributed by atoms with Crippen molar-refractivity contribution in [1.29, 1.82) is 0 Å². The molecule has 0 saturated heterocycles. The SMILES string of the molecule is COc1ccc(I)c([N+](=O)[O-])c1OC. The van der Waals surface area contributed by atoms with Gasteiger partial charge in [-0.25, -0.2) is 0 Å². The van der Waals surface area contributed by atoms with Crippen LogP contribution in [-0.2, 0) is 0 Å². The molecule has 0 N–H and O–H groups in total. The molecule has 1 aromatic carbocycles. The molecule has 0 aliphatic carbocycles. The van der Waals surface area contributed by atoms with E-state index in [1.165, 1.54) is 14.2 Å². The summed E-state index contributed by atoms with van der Waals surface area (Å²) in [7, 11) is 2.81. The minimum absolute atomic E-state index is 0.0625. The van der Waals surface area contributed by atoms with Crippen molar-refractivity contribution in [2.75, 3.05) is 14.2 Å². The average molecular weight is 309 g/mol. The molecule has 0 saturated carbocycles. The largest absolute Gasteiger partial charge is 0.493 e. The molecule has 1 aromatic rings. The molecule has 0 fully saturated rings. The third kappa shape index (κ3) is 1.89. The van der Waals surface area contributed by atoms with Crippen LogP contribution in [0.1, 0.15) is 0 Å². The molecule has 76 valence electrons. The first kappa shape index (κ1) is 11.0. The molecular weight excluding hydrogens is 301 g/mol. The summed E-state index contributed by atoms with van der Waals surface area (Å²) in [5.74, 6) is 0.518. The second-order valence-corrected chi connectivity index (χ2v) is 3.55. The fourth-order valence-corrected chi connectivity index (χ4v) is 1.68. The van der Waals surface area contributed by atoms with Crippen LogP contribution in [0.5, 0.6) is 11.5 Å². The summed E-state index contributed by atoms with van der Waals surface area (Å²) in [5.41, 5.74) is -0.0625. The number of rotatable bonds is 3. The topological polar surface area (TPSA) is 61.6 Å². The Morgan fingerprint density at radius 1 is 1.36 bits per heavy atom. The predicted octanol–water partition coefficient (Wildman–Crippen LogP) is 2.22. The lowest BCUT2D eigenvalue weighted by Crippen LogP contribution is -1.98. The van der Waals surface area contributed by atoms with Crippen molar-refractivity contribution in [3.63, 3.8) is 0 Å². The van der Waals surface area contributed by atoms with E-state index in [1.54, 1.807) is 12.1 Å². The fraction of sp³-hybridized carbons (Fsp3) is 0.250. The molecule has 0 radical (unpaired) electrons. The number of nitro groups is 1. The highest BCUT2D eigenvalue weighted by Crippen LogP contribution is 2.39. The summed E-state index contributed by atoms with van der Waals surface area (Å²) >= 11 is 1.88. The highest BCUT2D eigenvalue weighted by Gasteiger charge is 2.23. The van der Waals surface area contributed by atoms with Crippen LogP contribution in [0.15, 0.2) is 12.1 Å². The number of nitrogens with zero attached hydrogens (tertiary/aromatic N) is 1. The van der Waals surface area contributed by atoms with E-state index in [0.717, 1.165) is 0 Å². The molecule has 1 rings (SSSR count). The normalized spacial score (nSPS) is 9.64. The Morgan fingerprint density at radius 3 is 2.43 bits per heavy atom. The number of benzene rings is 1. The van der Waals surface area contributed by atoms with Gasteiger partial charge < -0.3 is 9.47 Å². The summed E-state index contributed by atoms with van der Waals surface area (Å²) in [6.07, 6.45) is 0. The van der Waals surface area contributed by atoms with E-state index in [-0.39, 0.29) is 11.4 Å². The third-order valence-electron chi connectivity index (χ3n) is 1.65. The van der Waals surface area contributed by atoms with Gasteiger partial charge in [-0.15, -0.1) is 0 Å². The quantitative estimate of drug-likeness (QED) is 0.488. The summed E-state index contributed by atoms with van der Waals surface area (Å²) in [6, 6.07) is 3.24. The summed E-state index contributed by atoms with van der Waals surface area (Å²) in [5, 5.41) is 10.7. The molecule has 0 aliphatic rings. The first-order chi connectivity index (χ1) is 6.61. The smallest absolute Gasteiger partial charge is 0.328 e. The number of nitro benzene ring substituents is 1. The molecule has 0 heterocycles. The molecule has 0 aromatic heterocycles. The Balaban J connectivity index is 3.42. The van der Waals surface area contributed by atoms with Crippen LogP contribution in [0, 0.1) is 13.7 Å². The van der Waals surface area contributed by atoms with Crippen LogP contribution in [-0.4, -0.2) is 19.1 Å². The van der Waals surface area contributed by atoms with E-state index in [2.05, 4.69) is 0 Å². The lowest BCUT2D eigenvalue weighted by molar-refractivity contribution is -0.386. The molecule has 14 heavy (non-hydrogen) atoms. The molecule has 0 amide bonds. The first-order valence-corrected chi connectivity index (χ1v) is 4.74. The maximum atomic E-state index is 10.7. The first-order valence-electron chi connectivity index (χ1n) is 3.66. The zero-order valence-electron chi connectivity index (χ0n) is 7.61. The van der Waals surface area contributed by atoms with E-state index in [0.29, 0.717) is 9.32 Å². The van der Waals surface area contributed by atoms with Crippen LogP contribution >= 0.6 is 22.6 Å². The molecule has 0 atom stereocenters. The van der Waals surface area contributed by atoms with Gasteiger partial charge in [0.2, 0.25) is 5.75 Å². The number of ether oxygens (including phenoxy) is 2. The Bertz CT molecular complexity index is 367. The molecule has 5 nitrogen and oxygen atoms in total. The van der Waals surface area contributed by atoms with E-state index in [9.17, 15) is 10.1 Å². The van der Waals surface area contributed by atoms with Crippen LogP contribution < -0.4 is 9.47 Å². The standard InChI is InChI=1S/C8H8INO4/c1-13-6-4-3-5(9)7(10(11)12)8(6)14-2/h3-4H,1-2H3. The van der Waals surface area contributed by atoms with E-state index in [1.807, 2.05) is 22.6 Å². The van der Waals surface area contributed by atoms with Crippen LogP contribution in [0.4, 0.5) is 5.69 Å². The molecule has 0 unspecified atom stereocenters. The van der Waals surface area contributed by atoms with Crippen molar-refractivity contribution in [1.82, 2.24) is 0 Å². The van der Waals surface area contributed by atoms with Crippen molar-refractivity contribution >= 4 is 28.3 Å². The Labute approximate surface area is 94.3 Å². The molecule has 0 spiro atoms. The van der Waals surface area contributed by atoms with Gasteiger partial charge in [0.15, 0.2) is 5.75 Å². The number of methoxy groups -OCH3 is 2. The van der Waals surface area contributed by atoms with Gasteiger partial charge in [-0.1, -0.05) is 0 Å². The summed E-state index contributed by atoms with van der Waals surface area (Å²) < 4.78 is 10.4. The van der Waals surface area contributed by atoms with E-state index < -0.39 is 4.92 Å². The lowest BCUT2D eigenvalue weighted by Gasteiger charge is -2.07. The zero-order valence-corrected chi connectivity index (χ0v) is 9.77. The van der Waals surface area contributed by atoms with Crippen LogP contribution in [0.3, 0.4) is 0 Å². The van der Waals surface area contributed by atoms with Gasteiger partial charge in [0.25, 0.3) is 0 Å². The molecule has 0 aliphatic heterocycles. The fourth-order valence-electron chi connectivity index (χ4n) is 1.06. The van der Waals surface area contributed by atoms with Gasteiger partial charge in [-0.2, -0.15) is 0 Å². The Morgan fingerprint density at radius 2 is 2.00 bits per heavy atom. The van der Waals surface area contributed by atoms with Gasteiger partial charge in [-0.3, -0.25) is 10.1 Å². The van der Waals surface area contributed by atoms with Gasteiger partial charge in [0.1, 0.15) is 0 Å². The van der Waals surface area contributed by atoms with Crippen LogP contribution in [0.2, 0.25) is 0 Å². The van der Waals surface area contributed by atoms with Gasteiger partial charge >= 0.3 is 5.69 Å². The zero-order chi connectivity index (χ0) is 10.7. The van der Waals surface area contributed by atoms with Crippen molar-refractivity contribution < 1.29 is 14.4 Å². The Hall–Kier alpha value is -1.05. The maximum Gasteiger partial charge on any atom is 0.328 e. The summed E-state index contributed by atoms with van der Waals surface area (Å²) in [4.78, 5) is 10.3. The lowest BCUT2D eigenvalue weighted by atomic mass is 10.3. The molecule has 0 bridgehead atoms. The van der Waals surface area contributed by atoms with Crippen molar-refractivity contribution in [3.05, 3.63) is 25.8 Å². The highest BCUT2D eigenvalue weighted by atomic mass is 127. The van der Waals surface area contributed by atoms with E-state index in [4.69, 9.17) is 9.47 Å². The number of hydrogen-bond donors (Lipinski definition) is 0. The minimum atomic E-state index is -0.483. The minimum Gasteiger partial charge on any atom is -0.493 e. The monoisotopic (exact) mass is 309 g/mol. The second-order valence-electron chi connectivity index (χ2n) is 2.39. The molecular formula is C8H8INO4. The van der Waals surface area contributed by atoms with Gasteiger partial charge in [-0.05, 0) is 34.7 Å². The number of halogens is 1. The molecule has 6 heteroatoms. The Kier molecular flexibility index (Phi) is 3.50. The predicted molar refractivity (Wildman–Crippen MR) is 58.9 cm³/mol. The highest BCUT2D eigenvalue weighted by molar-refractivity contribution is 14.1. The van der Waals surface area contributed by atoms with Gasteiger partial charge in [0, 0.05) is 0 Å². The number of hydrogen-bond acceptors (Lipinski definition) is 4. The summed E-state index contributed by atoms with van der Waals surface area (Å²) in [6.45, 7) is 0. The average Bonchev–Trinajstić information content (AvgIpc) is 2.16. The van der Waals surface area contributed by atoms with Crippen LogP contribution in [0.25, 0.3) is 0 Å².